The molecule has 0 amide bonds. The minimum absolute atomic E-state index is 1.01. The molecule has 0 bridgehead atoms. The van der Waals surface area contributed by atoms with E-state index in [1.54, 1.807) is 0 Å². The van der Waals surface area contributed by atoms with Crippen molar-refractivity contribution < 1.29 is 0 Å². The highest BCUT2D eigenvalue weighted by Crippen LogP contribution is 2.34. The van der Waals surface area contributed by atoms with Gasteiger partial charge in [0.2, 0.25) is 0 Å². The molecule has 0 aliphatic carbocycles. The van der Waals surface area contributed by atoms with Gasteiger partial charge >= 0.3 is 0 Å². The summed E-state index contributed by atoms with van der Waals surface area (Å²) in [5.74, 6) is 1.17. The maximum Gasteiger partial charge on any atom is 0.133 e. The fourth-order valence-electron chi connectivity index (χ4n) is 3.91. The monoisotopic (exact) mass is 345 g/mol. The van der Waals surface area contributed by atoms with E-state index < -0.39 is 0 Å². The van der Waals surface area contributed by atoms with Crippen LogP contribution in [0.2, 0.25) is 0 Å². The smallest absolute Gasteiger partial charge is 0.133 e. The molecule has 1 aliphatic heterocycles. The van der Waals surface area contributed by atoms with Gasteiger partial charge in [-0.2, -0.15) is 5.10 Å². The molecule has 4 rings (SSSR count). The van der Waals surface area contributed by atoms with E-state index in [4.69, 9.17) is 5.10 Å². The summed E-state index contributed by atoms with van der Waals surface area (Å²) >= 11 is 0. The predicted octanol–water partition coefficient (Wildman–Crippen LogP) is 5.47. The van der Waals surface area contributed by atoms with E-state index in [1.165, 1.54) is 46.5 Å². The van der Waals surface area contributed by atoms with Crippen molar-refractivity contribution in [2.24, 2.45) is 0 Å². The molecule has 0 fully saturated rings. The molecule has 0 spiro atoms. The number of aromatic nitrogens is 2. The molecule has 3 heteroatoms. The second-order valence-electron chi connectivity index (χ2n) is 7.37. The highest BCUT2D eigenvalue weighted by Gasteiger charge is 2.21. The van der Waals surface area contributed by atoms with E-state index in [-0.39, 0.29) is 0 Å². The summed E-state index contributed by atoms with van der Waals surface area (Å²) in [5.41, 5.74) is 8.77. The molecular formula is C23H27N3. The summed E-state index contributed by atoms with van der Waals surface area (Å²) in [4.78, 5) is 0. The quantitative estimate of drug-likeness (QED) is 0.682. The lowest BCUT2D eigenvalue weighted by Gasteiger charge is -2.09. The van der Waals surface area contributed by atoms with E-state index >= 15 is 0 Å². The van der Waals surface area contributed by atoms with Gasteiger partial charge in [0.15, 0.2) is 0 Å². The van der Waals surface area contributed by atoms with Crippen LogP contribution in [0, 0.1) is 13.8 Å². The first kappa shape index (κ1) is 16.9. The molecule has 0 saturated carbocycles. The van der Waals surface area contributed by atoms with E-state index in [0.717, 1.165) is 30.8 Å². The Morgan fingerprint density at radius 3 is 2.42 bits per heavy atom. The lowest BCUT2D eigenvalue weighted by Crippen LogP contribution is -2.07. The molecule has 1 aromatic heterocycles. The number of anilines is 1. The Balaban J connectivity index is 1.88. The number of nitrogens with one attached hydrogen (secondary N) is 1. The third-order valence-electron chi connectivity index (χ3n) is 5.21. The predicted molar refractivity (Wildman–Crippen MR) is 109 cm³/mol. The van der Waals surface area contributed by atoms with Crippen LogP contribution < -0.4 is 5.32 Å². The van der Waals surface area contributed by atoms with Crippen LogP contribution in [-0.2, 0) is 12.8 Å². The van der Waals surface area contributed by atoms with Gasteiger partial charge in [0.1, 0.15) is 5.82 Å². The van der Waals surface area contributed by atoms with Crippen LogP contribution in [0.25, 0.3) is 16.9 Å². The van der Waals surface area contributed by atoms with Crippen LogP contribution in [0.4, 0.5) is 5.82 Å². The molecule has 1 N–H and O–H groups in total. The van der Waals surface area contributed by atoms with Crippen LogP contribution in [-0.4, -0.2) is 16.3 Å². The number of hydrogen-bond acceptors (Lipinski definition) is 2. The van der Waals surface area contributed by atoms with Gasteiger partial charge < -0.3 is 5.32 Å². The third-order valence-corrected chi connectivity index (χ3v) is 5.21. The number of rotatable bonds is 3. The summed E-state index contributed by atoms with van der Waals surface area (Å²) in [6.07, 6.45) is 4.55. The molecule has 3 aromatic rings. The topological polar surface area (TPSA) is 29.9 Å². The first-order valence-corrected chi connectivity index (χ1v) is 9.69. The fourth-order valence-corrected chi connectivity index (χ4v) is 3.91. The number of aryl methyl sites for hydroxylation is 3. The second kappa shape index (κ2) is 6.99. The zero-order chi connectivity index (χ0) is 18.1. The van der Waals surface area contributed by atoms with Crippen molar-refractivity contribution in [1.29, 1.82) is 0 Å². The Kier molecular flexibility index (Phi) is 4.54. The lowest BCUT2D eigenvalue weighted by atomic mass is 10.00. The average Bonchev–Trinajstić information content (AvgIpc) is 2.82. The van der Waals surface area contributed by atoms with Crippen LogP contribution in [0.15, 0.2) is 42.5 Å². The summed E-state index contributed by atoms with van der Waals surface area (Å²) in [7, 11) is 0. The van der Waals surface area contributed by atoms with Crippen molar-refractivity contribution >= 4 is 5.82 Å². The zero-order valence-corrected chi connectivity index (χ0v) is 16.0. The normalized spacial score (nSPS) is 13.8. The summed E-state index contributed by atoms with van der Waals surface area (Å²) < 4.78 is 2.10. The van der Waals surface area contributed by atoms with E-state index in [1.807, 2.05) is 0 Å². The van der Waals surface area contributed by atoms with Crippen molar-refractivity contribution in [2.45, 2.75) is 46.5 Å². The largest absolute Gasteiger partial charge is 0.370 e. The molecule has 3 nitrogen and oxygen atoms in total. The van der Waals surface area contributed by atoms with Gasteiger partial charge in [0, 0.05) is 17.7 Å². The minimum atomic E-state index is 1.01. The van der Waals surface area contributed by atoms with E-state index in [0.29, 0.717) is 0 Å². The molecule has 2 heterocycles. The van der Waals surface area contributed by atoms with Crippen LogP contribution >= 0.6 is 0 Å². The molecule has 2 aromatic carbocycles. The Morgan fingerprint density at radius 2 is 1.73 bits per heavy atom. The van der Waals surface area contributed by atoms with Crippen molar-refractivity contribution in [3.05, 3.63) is 64.7 Å². The van der Waals surface area contributed by atoms with Gasteiger partial charge in [0.05, 0.1) is 11.4 Å². The summed E-state index contributed by atoms with van der Waals surface area (Å²) in [6, 6.07) is 15.5. The SMILES string of the molecule is CCc1ccc(-n2nc(-c3cc(C)cc(C)c3)c3c2NCCCC3)cc1. The molecule has 1 aliphatic rings. The van der Waals surface area contributed by atoms with Crippen molar-refractivity contribution in [1.82, 2.24) is 9.78 Å². The zero-order valence-electron chi connectivity index (χ0n) is 16.0. The lowest BCUT2D eigenvalue weighted by molar-refractivity contribution is 0.780. The highest BCUT2D eigenvalue weighted by atomic mass is 15.3. The third kappa shape index (κ3) is 3.14. The van der Waals surface area contributed by atoms with Gasteiger partial charge in [-0.15, -0.1) is 0 Å². The molecule has 0 radical (unpaired) electrons. The Morgan fingerprint density at radius 1 is 1.00 bits per heavy atom. The molecule has 134 valence electrons. The minimum Gasteiger partial charge on any atom is -0.370 e. The first-order valence-electron chi connectivity index (χ1n) is 9.69. The van der Waals surface area contributed by atoms with Gasteiger partial charge in [-0.25, -0.2) is 4.68 Å². The standard InChI is InChI=1S/C23H27N3/c1-4-18-8-10-20(11-9-18)26-23-21(7-5-6-12-24-23)22(25-26)19-14-16(2)13-17(3)15-19/h8-11,13-15,24H,4-7,12H2,1-3H3. The fraction of sp³-hybridized carbons (Fsp3) is 0.348. The molecule has 0 saturated heterocycles. The van der Waals surface area contributed by atoms with Crippen molar-refractivity contribution in [2.75, 3.05) is 11.9 Å². The van der Waals surface area contributed by atoms with Crippen LogP contribution in [0.5, 0.6) is 0 Å². The van der Waals surface area contributed by atoms with Crippen LogP contribution in [0.3, 0.4) is 0 Å². The Labute approximate surface area is 156 Å². The molecule has 0 unspecified atom stereocenters. The van der Waals surface area contributed by atoms with Gasteiger partial charge in [-0.3, -0.25) is 0 Å². The number of hydrogen-bond donors (Lipinski definition) is 1. The van der Waals surface area contributed by atoms with Gasteiger partial charge in [-0.1, -0.05) is 36.2 Å². The Hall–Kier alpha value is -2.55. The second-order valence-corrected chi connectivity index (χ2v) is 7.37. The number of nitrogens with zero attached hydrogens (tertiary/aromatic N) is 2. The summed E-state index contributed by atoms with van der Waals surface area (Å²) in [6.45, 7) is 7.52. The van der Waals surface area contributed by atoms with Crippen molar-refractivity contribution in [3.8, 4) is 16.9 Å². The van der Waals surface area contributed by atoms with Gasteiger partial charge in [-0.05, 0) is 69.4 Å². The maximum absolute atomic E-state index is 5.07. The maximum atomic E-state index is 5.07. The van der Waals surface area contributed by atoms with E-state index in [2.05, 4.69) is 73.2 Å². The first-order chi connectivity index (χ1) is 12.7. The molecule has 0 atom stereocenters. The molecule has 26 heavy (non-hydrogen) atoms. The van der Waals surface area contributed by atoms with E-state index in [9.17, 15) is 0 Å². The van der Waals surface area contributed by atoms with Crippen molar-refractivity contribution in [3.63, 3.8) is 0 Å². The molecular weight excluding hydrogens is 318 g/mol. The van der Waals surface area contributed by atoms with Gasteiger partial charge in [0.25, 0.3) is 0 Å². The highest BCUT2D eigenvalue weighted by molar-refractivity contribution is 5.72. The number of fused-ring (bicyclic) bond motifs is 1. The Bertz CT molecular complexity index is 899. The number of benzene rings is 2. The average molecular weight is 345 g/mol. The summed E-state index contributed by atoms with van der Waals surface area (Å²) in [5, 5.41) is 8.71. The van der Waals surface area contributed by atoms with Crippen LogP contribution in [0.1, 0.15) is 42.0 Å².